The van der Waals surface area contributed by atoms with Gasteiger partial charge in [-0.2, -0.15) is 0 Å². The van der Waals surface area contributed by atoms with Gasteiger partial charge in [-0.1, -0.05) is 30.3 Å². The molecule has 1 amide bonds. The Morgan fingerprint density at radius 1 is 1.08 bits per heavy atom. The minimum absolute atomic E-state index is 0.00627. The zero-order valence-electron chi connectivity index (χ0n) is 13.6. The van der Waals surface area contributed by atoms with Gasteiger partial charge in [-0.05, 0) is 35.7 Å². The van der Waals surface area contributed by atoms with Crippen molar-refractivity contribution in [3.8, 4) is 11.1 Å². The number of anilines is 2. The molecule has 1 aliphatic heterocycles. The molecular weight excluding hydrogens is 312 g/mol. The minimum Gasteiger partial charge on any atom is -0.381 e. The van der Waals surface area contributed by atoms with E-state index in [0.29, 0.717) is 6.42 Å². The number of fused-ring (bicyclic) bond motifs is 1. The molecule has 2 aromatic carbocycles. The van der Waals surface area contributed by atoms with Crippen molar-refractivity contribution in [3.05, 3.63) is 72.8 Å². The fourth-order valence-electron chi connectivity index (χ4n) is 3.16. The summed E-state index contributed by atoms with van der Waals surface area (Å²) in [5.74, 6) is 0.00627. The zero-order chi connectivity index (χ0) is 17.1. The van der Waals surface area contributed by atoms with Crippen molar-refractivity contribution in [1.29, 1.82) is 0 Å². The third-order valence-corrected chi connectivity index (χ3v) is 4.32. The highest BCUT2D eigenvalue weighted by atomic mass is 16.1. The lowest BCUT2D eigenvalue weighted by atomic mass is 10.1. The molecule has 4 rings (SSSR count). The van der Waals surface area contributed by atoms with Crippen LogP contribution in [-0.2, 0) is 11.2 Å². The molecule has 1 aliphatic rings. The summed E-state index contributed by atoms with van der Waals surface area (Å²) in [6, 6.07) is 16.1. The highest BCUT2D eigenvalue weighted by Crippen LogP contribution is 2.27. The summed E-state index contributed by atoms with van der Waals surface area (Å²) < 4.78 is 0. The van der Waals surface area contributed by atoms with Gasteiger partial charge in [-0.25, -0.2) is 9.97 Å². The summed E-state index contributed by atoms with van der Waals surface area (Å²) in [5, 5.41) is 6.40. The van der Waals surface area contributed by atoms with Gasteiger partial charge in [0.05, 0.1) is 0 Å². The lowest BCUT2D eigenvalue weighted by molar-refractivity contribution is -0.116. The third kappa shape index (κ3) is 3.50. The number of hydrogen-bond donors (Lipinski definition) is 2. The minimum atomic E-state index is 0.00627. The average Bonchev–Trinajstić information content (AvgIpc) is 3.04. The van der Waals surface area contributed by atoms with Crippen LogP contribution in [0.15, 0.2) is 67.3 Å². The van der Waals surface area contributed by atoms with Gasteiger partial charge in [-0.3, -0.25) is 4.79 Å². The first-order valence-electron chi connectivity index (χ1n) is 8.28. The molecule has 0 bridgehead atoms. The number of hydrogen-bond acceptors (Lipinski definition) is 4. The molecule has 1 aromatic heterocycles. The maximum atomic E-state index is 12.4. The Hall–Kier alpha value is -3.21. The Morgan fingerprint density at radius 2 is 1.92 bits per heavy atom. The Kier molecular flexibility index (Phi) is 4.12. The van der Waals surface area contributed by atoms with Crippen LogP contribution in [0, 0.1) is 0 Å². The lowest BCUT2D eigenvalue weighted by Crippen LogP contribution is -2.24. The summed E-state index contributed by atoms with van der Waals surface area (Å²) in [6.07, 6.45) is 6.33. The molecule has 124 valence electrons. The van der Waals surface area contributed by atoms with E-state index in [4.69, 9.17) is 0 Å². The van der Waals surface area contributed by atoms with Crippen molar-refractivity contribution in [1.82, 2.24) is 9.97 Å². The van der Waals surface area contributed by atoms with Gasteiger partial charge >= 0.3 is 0 Å². The third-order valence-electron chi connectivity index (χ3n) is 4.32. The normalized spacial score (nSPS) is 15.3. The quantitative estimate of drug-likeness (QED) is 0.768. The smallest absolute Gasteiger partial charge is 0.226 e. The molecule has 25 heavy (non-hydrogen) atoms. The maximum Gasteiger partial charge on any atom is 0.226 e. The van der Waals surface area contributed by atoms with E-state index in [-0.39, 0.29) is 11.9 Å². The summed E-state index contributed by atoms with van der Waals surface area (Å²) in [6.45, 7) is 0. The highest BCUT2D eigenvalue weighted by molar-refractivity contribution is 5.92. The molecule has 0 saturated heterocycles. The van der Waals surface area contributed by atoms with Crippen LogP contribution in [0.4, 0.5) is 11.4 Å². The zero-order valence-corrected chi connectivity index (χ0v) is 13.6. The van der Waals surface area contributed by atoms with Crippen LogP contribution in [0.25, 0.3) is 11.1 Å². The molecule has 0 unspecified atom stereocenters. The van der Waals surface area contributed by atoms with Crippen LogP contribution in [0.3, 0.4) is 0 Å². The fraction of sp³-hybridized carbons (Fsp3) is 0.150. The lowest BCUT2D eigenvalue weighted by Gasteiger charge is -2.12. The van der Waals surface area contributed by atoms with Crippen molar-refractivity contribution >= 4 is 17.3 Å². The van der Waals surface area contributed by atoms with Crippen molar-refractivity contribution < 1.29 is 4.79 Å². The Morgan fingerprint density at radius 3 is 2.76 bits per heavy atom. The number of carbonyl (C=O) groups excluding carboxylic acids is 1. The average molecular weight is 330 g/mol. The second-order valence-electron chi connectivity index (χ2n) is 6.16. The van der Waals surface area contributed by atoms with E-state index in [0.717, 1.165) is 28.9 Å². The largest absolute Gasteiger partial charge is 0.381 e. The Labute approximate surface area is 146 Å². The van der Waals surface area contributed by atoms with Gasteiger partial charge in [0.1, 0.15) is 6.33 Å². The summed E-state index contributed by atoms with van der Waals surface area (Å²) in [4.78, 5) is 20.5. The number of nitrogens with one attached hydrogen (secondary N) is 2. The van der Waals surface area contributed by atoms with E-state index < -0.39 is 0 Å². The molecular formula is C20H18N4O. The van der Waals surface area contributed by atoms with E-state index in [2.05, 4.69) is 32.7 Å². The standard InChI is InChI=1S/C20H18N4O/c25-20(10-18-9-15-4-1-2-7-19(15)23-18)24-17-6-3-5-14(8-17)16-11-21-13-22-12-16/h1-8,11-13,18,23H,9-10H2,(H,24,25)/t18-/m1/s1. The number of para-hydroxylation sites is 1. The van der Waals surface area contributed by atoms with E-state index >= 15 is 0 Å². The van der Waals surface area contributed by atoms with Crippen molar-refractivity contribution in [2.24, 2.45) is 0 Å². The van der Waals surface area contributed by atoms with Gasteiger partial charge in [0.25, 0.3) is 0 Å². The number of benzene rings is 2. The van der Waals surface area contributed by atoms with Gasteiger partial charge in [-0.15, -0.1) is 0 Å². The summed E-state index contributed by atoms with van der Waals surface area (Å²) in [5.41, 5.74) is 5.08. The molecule has 2 N–H and O–H groups in total. The first-order chi connectivity index (χ1) is 12.3. The molecule has 0 spiro atoms. The predicted molar refractivity (Wildman–Crippen MR) is 98.3 cm³/mol. The van der Waals surface area contributed by atoms with E-state index in [1.165, 1.54) is 11.9 Å². The van der Waals surface area contributed by atoms with Gasteiger partial charge in [0, 0.05) is 41.8 Å². The molecule has 5 nitrogen and oxygen atoms in total. The second-order valence-corrected chi connectivity index (χ2v) is 6.16. The maximum absolute atomic E-state index is 12.4. The molecule has 2 heterocycles. The van der Waals surface area contributed by atoms with Crippen LogP contribution in [0.1, 0.15) is 12.0 Å². The molecule has 0 radical (unpaired) electrons. The Balaban J connectivity index is 1.40. The molecule has 0 aliphatic carbocycles. The van der Waals surface area contributed by atoms with Gasteiger partial charge in [0.2, 0.25) is 5.91 Å². The number of aromatic nitrogens is 2. The summed E-state index contributed by atoms with van der Waals surface area (Å²) >= 11 is 0. The van der Waals surface area contributed by atoms with Crippen molar-refractivity contribution in [2.45, 2.75) is 18.9 Å². The molecule has 3 aromatic rings. The number of nitrogens with zero attached hydrogens (tertiary/aromatic N) is 2. The van der Waals surface area contributed by atoms with Crippen molar-refractivity contribution in [2.75, 3.05) is 10.6 Å². The number of amides is 1. The number of carbonyl (C=O) groups is 1. The van der Waals surface area contributed by atoms with Gasteiger partial charge in [0.15, 0.2) is 0 Å². The summed E-state index contributed by atoms with van der Waals surface area (Å²) in [7, 11) is 0. The van der Waals surface area contributed by atoms with E-state index in [1.54, 1.807) is 12.4 Å². The van der Waals surface area contributed by atoms with Crippen LogP contribution < -0.4 is 10.6 Å². The fourth-order valence-corrected chi connectivity index (χ4v) is 3.16. The SMILES string of the molecule is O=C(C[C@H]1Cc2ccccc2N1)Nc1cccc(-c2cncnc2)c1. The monoisotopic (exact) mass is 330 g/mol. The van der Waals surface area contributed by atoms with Crippen molar-refractivity contribution in [3.63, 3.8) is 0 Å². The van der Waals surface area contributed by atoms with Crippen LogP contribution in [-0.4, -0.2) is 21.9 Å². The molecule has 0 fully saturated rings. The van der Waals surface area contributed by atoms with Crippen LogP contribution >= 0.6 is 0 Å². The van der Waals surface area contributed by atoms with Crippen LogP contribution in [0.2, 0.25) is 0 Å². The molecule has 5 heteroatoms. The Bertz CT molecular complexity index is 870. The topological polar surface area (TPSA) is 66.9 Å². The first kappa shape index (κ1) is 15.3. The van der Waals surface area contributed by atoms with Crippen LogP contribution in [0.5, 0.6) is 0 Å². The first-order valence-corrected chi connectivity index (χ1v) is 8.28. The van der Waals surface area contributed by atoms with E-state index in [9.17, 15) is 4.79 Å². The second kappa shape index (κ2) is 6.73. The highest BCUT2D eigenvalue weighted by Gasteiger charge is 2.22. The molecule has 1 atom stereocenters. The van der Waals surface area contributed by atoms with Gasteiger partial charge < -0.3 is 10.6 Å². The number of rotatable bonds is 4. The predicted octanol–water partition coefficient (Wildman–Crippen LogP) is 3.51. The molecule has 0 saturated carbocycles. The van der Waals surface area contributed by atoms with E-state index in [1.807, 2.05) is 36.4 Å².